The van der Waals surface area contributed by atoms with Crippen LogP contribution in [0.3, 0.4) is 0 Å². The number of carbonyl (C=O) groups excluding carboxylic acids is 1. The first-order valence-corrected chi connectivity index (χ1v) is 8.47. The Balaban J connectivity index is 2.37. The van der Waals surface area contributed by atoms with Crippen molar-refractivity contribution in [2.24, 2.45) is 5.92 Å². The molecule has 0 aliphatic heterocycles. The molecule has 0 aromatic carbocycles. The minimum Gasteiger partial charge on any atom is -0.388 e. The molecule has 0 radical (unpaired) electrons. The van der Waals surface area contributed by atoms with Crippen LogP contribution < -0.4 is 5.32 Å². The predicted molar refractivity (Wildman–Crippen MR) is 69.9 cm³/mol. The smallest absolute Gasteiger partial charge is 0.235 e. The molecular weight excluding hydrogens is 254 g/mol. The summed E-state index contributed by atoms with van der Waals surface area (Å²) in [7, 11) is -3.30. The molecule has 1 aliphatic carbocycles. The van der Waals surface area contributed by atoms with Gasteiger partial charge in [0.05, 0.1) is 5.60 Å². The van der Waals surface area contributed by atoms with Crippen molar-refractivity contribution in [3.05, 3.63) is 0 Å². The molecule has 0 unspecified atom stereocenters. The lowest BCUT2D eigenvalue weighted by Crippen LogP contribution is -2.46. The number of hydrogen-bond donors (Lipinski definition) is 2. The van der Waals surface area contributed by atoms with Crippen molar-refractivity contribution in [1.29, 1.82) is 0 Å². The summed E-state index contributed by atoms with van der Waals surface area (Å²) >= 11 is 0. The van der Waals surface area contributed by atoms with Gasteiger partial charge in [-0.1, -0.05) is 13.3 Å². The van der Waals surface area contributed by atoms with Crippen LogP contribution in [0.2, 0.25) is 0 Å². The van der Waals surface area contributed by atoms with E-state index in [1.807, 2.05) is 0 Å². The maximum Gasteiger partial charge on any atom is 0.235 e. The van der Waals surface area contributed by atoms with E-state index in [4.69, 9.17) is 0 Å². The van der Waals surface area contributed by atoms with Gasteiger partial charge in [-0.05, 0) is 31.6 Å². The Bertz CT molecular complexity index is 383. The monoisotopic (exact) mass is 277 g/mol. The number of amides is 1. The van der Waals surface area contributed by atoms with Gasteiger partial charge in [0.25, 0.3) is 0 Å². The highest BCUT2D eigenvalue weighted by Crippen LogP contribution is 2.33. The van der Waals surface area contributed by atoms with Crippen molar-refractivity contribution in [3.8, 4) is 0 Å². The van der Waals surface area contributed by atoms with E-state index in [-0.39, 0.29) is 6.54 Å². The Morgan fingerprint density at radius 2 is 1.94 bits per heavy atom. The average Bonchev–Trinajstić information content (AvgIpc) is 2.26. The molecular formula is C12H23NO4S. The molecule has 6 heteroatoms. The van der Waals surface area contributed by atoms with Crippen molar-refractivity contribution in [2.45, 2.75) is 44.6 Å². The molecule has 1 amide bonds. The van der Waals surface area contributed by atoms with Crippen molar-refractivity contribution in [3.63, 3.8) is 0 Å². The Kier molecular flexibility index (Phi) is 5.16. The highest BCUT2D eigenvalue weighted by Gasteiger charge is 2.32. The van der Waals surface area contributed by atoms with E-state index in [1.165, 1.54) is 0 Å². The van der Waals surface area contributed by atoms with Gasteiger partial charge in [0.2, 0.25) is 5.91 Å². The summed E-state index contributed by atoms with van der Waals surface area (Å²) in [6.07, 6.45) is 5.42. The van der Waals surface area contributed by atoms with Gasteiger partial charge < -0.3 is 10.4 Å². The lowest BCUT2D eigenvalue weighted by atomic mass is 9.78. The second-order valence-electron chi connectivity index (χ2n) is 5.42. The molecule has 18 heavy (non-hydrogen) atoms. The molecule has 106 valence electrons. The molecule has 5 nitrogen and oxygen atoms in total. The molecule has 1 fully saturated rings. The minimum absolute atomic E-state index is 0.151. The van der Waals surface area contributed by atoms with E-state index in [0.717, 1.165) is 25.5 Å². The van der Waals surface area contributed by atoms with Crippen LogP contribution >= 0.6 is 0 Å². The summed E-state index contributed by atoms with van der Waals surface area (Å²) in [6, 6.07) is 0. The van der Waals surface area contributed by atoms with E-state index in [9.17, 15) is 18.3 Å². The molecule has 0 atom stereocenters. The fourth-order valence-electron chi connectivity index (χ4n) is 2.35. The van der Waals surface area contributed by atoms with Crippen molar-refractivity contribution < 1.29 is 18.3 Å². The molecule has 2 N–H and O–H groups in total. The second-order valence-corrected chi connectivity index (χ2v) is 7.56. The van der Waals surface area contributed by atoms with Gasteiger partial charge in [0, 0.05) is 12.8 Å². The largest absolute Gasteiger partial charge is 0.388 e. The summed E-state index contributed by atoms with van der Waals surface area (Å²) in [5, 5.41) is 12.8. The fourth-order valence-corrected chi connectivity index (χ4v) is 2.93. The molecule has 0 heterocycles. The van der Waals surface area contributed by atoms with Gasteiger partial charge in [-0.3, -0.25) is 4.79 Å². The summed E-state index contributed by atoms with van der Waals surface area (Å²) in [6.45, 7) is 2.29. The van der Waals surface area contributed by atoms with Gasteiger partial charge in [0.15, 0.2) is 9.84 Å². The van der Waals surface area contributed by atoms with Crippen LogP contribution in [0.25, 0.3) is 0 Å². The first kappa shape index (κ1) is 15.4. The SMILES string of the molecule is CCC1CCC(O)(CNC(=O)CS(C)(=O)=O)CC1. The van der Waals surface area contributed by atoms with E-state index in [2.05, 4.69) is 12.2 Å². The maximum absolute atomic E-state index is 11.4. The first-order chi connectivity index (χ1) is 8.24. The molecule has 1 saturated carbocycles. The van der Waals surface area contributed by atoms with E-state index in [1.54, 1.807) is 0 Å². The standard InChI is InChI=1S/C12H23NO4S/c1-3-10-4-6-12(15,7-5-10)9-13-11(14)8-18(2,16)17/h10,15H,3-9H2,1-2H3,(H,13,14). The van der Waals surface area contributed by atoms with E-state index in [0.29, 0.717) is 18.8 Å². The third-order valence-corrected chi connectivity index (χ3v) is 4.41. The normalized spacial score (nSPS) is 28.9. The van der Waals surface area contributed by atoms with Gasteiger partial charge in [-0.15, -0.1) is 0 Å². The van der Waals surface area contributed by atoms with Crippen molar-refractivity contribution in [2.75, 3.05) is 18.6 Å². The third kappa shape index (κ3) is 5.35. The number of rotatable bonds is 5. The van der Waals surface area contributed by atoms with Gasteiger partial charge in [-0.25, -0.2) is 8.42 Å². The summed E-state index contributed by atoms with van der Waals surface area (Å²) in [5.41, 5.74) is -0.862. The minimum atomic E-state index is -3.30. The van der Waals surface area contributed by atoms with Gasteiger partial charge >= 0.3 is 0 Å². The molecule has 0 aromatic rings. The molecule has 1 aliphatic rings. The number of hydrogen-bond acceptors (Lipinski definition) is 4. The second kappa shape index (κ2) is 6.02. The van der Waals surface area contributed by atoms with Crippen molar-refractivity contribution in [1.82, 2.24) is 5.32 Å². The topological polar surface area (TPSA) is 83.5 Å². The fraction of sp³-hybridized carbons (Fsp3) is 0.917. The van der Waals surface area contributed by atoms with Crippen LogP contribution in [0, 0.1) is 5.92 Å². The lowest BCUT2D eigenvalue weighted by molar-refractivity contribution is -0.120. The number of carbonyl (C=O) groups is 1. The summed E-state index contributed by atoms with van der Waals surface area (Å²) in [4.78, 5) is 11.4. The average molecular weight is 277 g/mol. The van der Waals surface area contributed by atoms with Crippen LogP contribution in [-0.4, -0.2) is 43.6 Å². The highest BCUT2D eigenvalue weighted by atomic mass is 32.2. The Morgan fingerprint density at radius 3 is 2.39 bits per heavy atom. The Hall–Kier alpha value is -0.620. The molecule has 0 aromatic heterocycles. The molecule has 1 rings (SSSR count). The number of sulfone groups is 1. The van der Waals surface area contributed by atoms with Gasteiger partial charge in [0.1, 0.15) is 5.75 Å². The Morgan fingerprint density at radius 1 is 1.39 bits per heavy atom. The first-order valence-electron chi connectivity index (χ1n) is 6.41. The zero-order valence-electron chi connectivity index (χ0n) is 11.1. The Labute approximate surface area is 109 Å². The number of nitrogens with one attached hydrogen (secondary N) is 1. The van der Waals surface area contributed by atoms with Crippen LogP contribution in [0.5, 0.6) is 0 Å². The highest BCUT2D eigenvalue weighted by molar-refractivity contribution is 7.91. The van der Waals surface area contributed by atoms with E-state index >= 15 is 0 Å². The summed E-state index contributed by atoms with van der Waals surface area (Å²) in [5.74, 6) is -0.388. The summed E-state index contributed by atoms with van der Waals surface area (Å²) < 4.78 is 21.9. The van der Waals surface area contributed by atoms with Crippen LogP contribution in [-0.2, 0) is 14.6 Å². The zero-order chi connectivity index (χ0) is 13.8. The van der Waals surface area contributed by atoms with E-state index < -0.39 is 27.1 Å². The molecule has 0 bridgehead atoms. The molecule has 0 saturated heterocycles. The quantitative estimate of drug-likeness (QED) is 0.765. The number of aliphatic hydroxyl groups is 1. The predicted octanol–water partition coefficient (Wildman–Crippen LogP) is 0.478. The van der Waals surface area contributed by atoms with Gasteiger partial charge in [-0.2, -0.15) is 0 Å². The lowest BCUT2D eigenvalue weighted by Gasteiger charge is -2.35. The van der Waals surface area contributed by atoms with Crippen LogP contribution in [0.15, 0.2) is 0 Å². The van der Waals surface area contributed by atoms with Crippen molar-refractivity contribution >= 4 is 15.7 Å². The third-order valence-electron chi connectivity index (χ3n) is 3.62. The molecule has 0 spiro atoms. The van der Waals surface area contributed by atoms with Crippen LogP contribution in [0.4, 0.5) is 0 Å². The van der Waals surface area contributed by atoms with Crippen LogP contribution in [0.1, 0.15) is 39.0 Å². The zero-order valence-corrected chi connectivity index (χ0v) is 11.9. The maximum atomic E-state index is 11.4.